The van der Waals surface area contributed by atoms with Gasteiger partial charge in [-0.15, -0.1) is 0 Å². The second-order valence-electron chi connectivity index (χ2n) is 5.85. The number of carbonyl (C=O) groups excluding carboxylic acids is 2. The van der Waals surface area contributed by atoms with Crippen molar-refractivity contribution >= 4 is 35.2 Å². The molecule has 0 spiro atoms. The molecule has 6 nitrogen and oxygen atoms in total. The first-order valence-electron chi connectivity index (χ1n) is 7.88. The average molecular weight is 350 g/mol. The van der Waals surface area contributed by atoms with Crippen LogP contribution in [0.25, 0.3) is 0 Å². The number of carboxylic acids is 1. The monoisotopic (exact) mass is 350 g/mol. The van der Waals surface area contributed by atoms with Crippen molar-refractivity contribution in [1.29, 1.82) is 0 Å². The molecule has 1 fully saturated rings. The van der Waals surface area contributed by atoms with Crippen LogP contribution < -0.4 is 5.32 Å². The van der Waals surface area contributed by atoms with Gasteiger partial charge < -0.3 is 15.3 Å². The number of rotatable bonds is 5. The molecule has 1 aliphatic heterocycles. The Kier molecular flexibility index (Phi) is 6.25. The third-order valence-electron chi connectivity index (χ3n) is 4.25. The van der Waals surface area contributed by atoms with Gasteiger partial charge in [0, 0.05) is 24.3 Å². The lowest BCUT2D eigenvalue weighted by atomic mass is 9.96. The standard InChI is InChI=1S/C17H22N2O4S/c1-11(24-2)15(20)18-14-5-3-12(4-6-14)16(21)19-9-7-13(8-10-19)17(22)23/h3-6,11,13H,7-10H2,1-2H3,(H,18,20)(H,22,23). The lowest BCUT2D eigenvalue weighted by Crippen LogP contribution is -2.40. The summed E-state index contributed by atoms with van der Waals surface area (Å²) < 4.78 is 0. The summed E-state index contributed by atoms with van der Waals surface area (Å²) in [6.07, 6.45) is 2.85. The molecule has 2 N–H and O–H groups in total. The van der Waals surface area contributed by atoms with Gasteiger partial charge in [-0.2, -0.15) is 11.8 Å². The van der Waals surface area contributed by atoms with Gasteiger partial charge >= 0.3 is 5.97 Å². The normalized spacial score (nSPS) is 16.5. The number of nitrogens with one attached hydrogen (secondary N) is 1. The fourth-order valence-corrected chi connectivity index (χ4v) is 2.83. The molecule has 0 bridgehead atoms. The van der Waals surface area contributed by atoms with Crippen LogP contribution in [0.15, 0.2) is 24.3 Å². The Balaban J connectivity index is 1.94. The summed E-state index contributed by atoms with van der Waals surface area (Å²) in [5.74, 6) is -1.32. The van der Waals surface area contributed by atoms with Gasteiger partial charge in [0.05, 0.1) is 11.2 Å². The average Bonchev–Trinajstić information content (AvgIpc) is 2.61. The van der Waals surface area contributed by atoms with Gasteiger partial charge in [-0.25, -0.2) is 0 Å². The fraction of sp³-hybridized carbons (Fsp3) is 0.471. The molecular formula is C17H22N2O4S. The Morgan fingerprint density at radius 2 is 1.79 bits per heavy atom. The maximum atomic E-state index is 12.5. The Labute approximate surface area is 145 Å². The molecule has 0 saturated carbocycles. The summed E-state index contributed by atoms with van der Waals surface area (Å²) in [5.41, 5.74) is 1.20. The molecule has 1 aliphatic rings. The number of piperidine rings is 1. The maximum Gasteiger partial charge on any atom is 0.306 e. The summed E-state index contributed by atoms with van der Waals surface area (Å²) in [6, 6.07) is 6.79. The van der Waals surface area contributed by atoms with Crippen LogP contribution in [0.5, 0.6) is 0 Å². The van der Waals surface area contributed by atoms with Gasteiger partial charge in [-0.1, -0.05) is 0 Å². The number of carbonyl (C=O) groups is 3. The van der Waals surface area contributed by atoms with Crippen molar-refractivity contribution in [2.24, 2.45) is 5.92 Å². The molecule has 0 radical (unpaired) electrons. The van der Waals surface area contributed by atoms with E-state index in [0.717, 1.165) is 0 Å². The summed E-state index contributed by atoms with van der Waals surface area (Å²) in [7, 11) is 0. The quantitative estimate of drug-likeness (QED) is 0.851. The first kappa shape index (κ1) is 18.3. The SMILES string of the molecule is CSC(C)C(=O)Nc1ccc(C(=O)N2CCC(C(=O)O)CC2)cc1. The van der Waals surface area contributed by atoms with E-state index in [4.69, 9.17) is 5.11 Å². The number of hydrogen-bond acceptors (Lipinski definition) is 4. The second kappa shape index (κ2) is 8.19. The molecule has 130 valence electrons. The van der Waals surface area contributed by atoms with Gasteiger partial charge in [0.25, 0.3) is 5.91 Å². The molecule has 0 aliphatic carbocycles. The van der Waals surface area contributed by atoms with Crippen LogP contribution in [0.4, 0.5) is 5.69 Å². The molecule has 24 heavy (non-hydrogen) atoms. The zero-order chi connectivity index (χ0) is 17.7. The molecule has 1 heterocycles. The van der Waals surface area contributed by atoms with Crippen molar-refractivity contribution in [1.82, 2.24) is 4.90 Å². The van der Waals surface area contributed by atoms with Crippen LogP contribution in [0.3, 0.4) is 0 Å². The zero-order valence-electron chi connectivity index (χ0n) is 13.8. The Morgan fingerprint density at radius 1 is 1.21 bits per heavy atom. The second-order valence-corrected chi connectivity index (χ2v) is 7.03. The maximum absolute atomic E-state index is 12.5. The largest absolute Gasteiger partial charge is 0.481 e. The minimum absolute atomic E-state index is 0.0719. The number of hydrogen-bond donors (Lipinski definition) is 2. The Hall–Kier alpha value is -2.02. The molecule has 2 rings (SSSR count). The van der Waals surface area contributed by atoms with Crippen molar-refractivity contribution in [2.45, 2.75) is 25.0 Å². The lowest BCUT2D eigenvalue weighted by molar-refractivity contribution is -0.143. The van der Waals surface area contributed by atoms with E-state index in [2.05, 4.69) is 5.32 Å². The van der Waals surface area contributed by atoms with Crippen LogP contribution in [-0.4, -0.2) is 52.4 Å². The van der Waals surface area contributed by atoms with E-state index in [9.17, 15) is 14.4 Å². The fourth-order valence-electron chi connectivity index (χ4n) is 2.56. The van der Waals surface area contributed by atoms with E-state index >= 15 is 0 Å². The van der Waals surface area contributed by atoms with Crippen molar-refractivity contribution in [3.63, 3.8) is 0 Å². The van der Waals surface area contributed by atoms with Gasteiger partial charge in [-0.05, 0) is 50.3 Å². The molecule has 2 amide bonds. The van der Waals surface area contributed by atoms with E-state index in [1.54, 1.807) is 29.2 Å². The lowest BCUT2D eigenvalue weighted by Gasteiger charge is -2.30. The number of nitrogens with zero attached hydrogens (tertiary/aromatic N) is 1. The summed E-state index contributed by atoms with van der Waals surface area (Å²) >= 11 is 1.47. The number of aliphatic carboxylic acids is 1. The number of benzene rings is 1. The predicted molar refractivity (Wildman–Crippen MR) is 94.3 cm³/mol. The minimum Gasteiger partial charge on any atom is -0.481 e. The van der Waals surface area contributed by atoms with Crippen LogP contribution in [0.1, 0.15) is 30.1 Å². The highest BCUT2D eigenvalue weighted by Gasteiger charge is 2.27. The van der Waals surface area contributed by atoms with Crippen LogP contribution in [0.2, 0.25) is 0 Å². The van der Waals surface area contributed by atoms with Crippen LogP contribution in [-0.2, 0) is 9.59 Å². The highest BCUT2D eigenvalue weighted by Crippen LogP contribution is 2.20. The summed E-state index contributed by atoms with van der Waals surface area (Å²) in [5, 5.41) is 11.7. The molecule has 1 saturated heterocycles. The number of anilines is 1. The molecule has 7 heteroatoms. The smallest absolute Gasteiger partial charge is 0.306 e. The first-order chi connectivity index (χ1) is 11.4. The van der Waals surface area contributed by atoms with E-state index in [0.29, 0.717) is 37.2 Å². The first-order valence-corrected chi connectivity index (χ1v) is 9.17. The van der Waals surface area contributed by atoms with E-state index < -0.39 is 5.97 Å². The number of thioether (sulfide) groups is 1. The van der Waals surface area contributed by atoms with E-state index in [1.165, 1.54) is 11.8 Å². The molecule has 0 aromatic heterocycles. The van der Waals surface area contributed by atoms with Crippen molar-refractivity contribution < 1.29 is 19.5 Å². The minimum atomic E-state index is -0.790. The third-order valence-corrected chi connectivity index (χ3v) is 5.17. The Bertz CT molecular complexity index is 610. The summed E-state index contributed by atoms with van der Waals surface area (Å²) in [4.78, 5) is 36.9. The zero-order valence-corrected chi connectivity index (χ0v) is 14.6. The predicted octanol–water partition coefficient (Wildman–Crippen LogP) is 2.31. The number of amides is 2. The molecule has 1 aromatic carbocycles. The van der Waals surface area contributed by atoms with Gasteiger partial charge in [-0.3, -0.25) is 14.4 Å². The van der Waals surface area contributed by atoms with Gasteiger partial charge in [0.2, 0.25) is 5.91 Å². The van der Waals surface area contributed by atoms with Crippen molar-refractivity contribution in [2.75, 3.05) is 24.7 Å². The topological polar surface area (TPSA) is 86.7 Å². The van der Waals surface area contributed by atoms with Crippen molar-refractivity contribution in [3.05, 3.63) is 29.8 Å². The molecule has 1 unspecified atom stereocenters. The van der Waals surface area contributed by atoms with Crippen LogP contribution >= 0.6 is 11.8 Å². The molecule has 1 atom stereocenters. The van der Waals surface area contributed by atoms with Crippen LogP contribution in [0, 0.1) is 5.92 Å². The van der Waals surface area contributed by atoms with E-state index in [-0.39, 0.29) is 23.0 Å². The van der Waals surface area contributed by atoms with Crippen molar-refractivity contribution in [3.8, 4) is 0 Å². The number of carboxylic acid groups (broad SMARTS) is 1. The summed E-state index contributed by atoms with van der Waals surface area (Å²) in [6.45, 7) is 2.75. The number of likely N-dealkylation sites (tertiary alicyclic amines) is 1. The highest BCUT2D eigenvalue weighted by atomic mass is 32.2. The third kappa shape index (κ3) is 4.50. The highest BCUT2D eigenvalue weighted by molar-refractivity contribution is 7.99. The van der Waals surface area contributed by atoms with Gasteiger partial charge in [0.15, 0.2) is 0 Å². The molecular weight excluding hydrogens is 328 g/mol. The molecule has 1 aromatic rings. The van der Waals surface area contributed by atoms with E-state index in [1.807, 2.05) is 13.2 Å². The Morgan fingerprint density at radius 3 is 2.29 bits per heavy atom. The van der Waals surface area contributed by atoms with Gasteiger partial charge in [0.1, 0.15) is 0 Å².